The van der Waals surface area contributed by atoms with Crippen molar-refractivity contribution in [2.45, 2.75) is 65.7 Å². The Labute approximate surface area is 193 Å². The number of pyridine rings is 2. The Balaban J connectivity index is 1.50. The molecular weight excluding hydrogens is 416 g/mol. The van der Waals surface area contributed by atoms with Crippen molar-refractivity contribution in [3.8, 4) is 11.5 Å². The van der Waals surface area contributed by atoms with E-state index in [2.05, 4.69) is 33.5 Å². The number of hydrogen-bond acceptors (Lipinski definition) is 7. The average Bonchev–Trinajstić information content (AvgIpc) is 3.51. The Hall–Kier alpha value is -3.33. The highest BCUT2D eigenvalue weighted by Gasteiger charge is 2.34. The van der Waals surface area contributed by atoms with Crippen LogP contribution in [0.4, 0.5) is 11.6 Å². The van der Waals surface area contributed by atoms with Gasteiger partial charge in [-0.25, -0.2) is 9.97 Å². The molecule has 9 heteroatoms. The van der Waals surface area contributed by atoms with E-state index < -0.39 is 0 Å². The SMILES string of the molecule is CCCn1c(C)nnc1-c1cccc(N2Cc3c(cc(N4CCC[C@H]4C)nc3CN)C2=O)n1. The first-order valence-electron chi connectivity index (χ1n) is 11.7. The molecule has 2 N–H and O–H groups in total. The molecule has 0 aromatic carbocycles. The van der Waals surface area contributed by atoms with E-state index in [9.17, 15) is 4.79 Å². The van der Waals surface area contributed by atoms with E-state index in [4.69, 9.17) is 15.7 Å². The van der Waals surface area contributed by atoms with E-state index in [1.165, 1.54) is 0 Å². The van der Waals surface area contributed by atoms with Gasteiger partial charge in [0, 0.05) is 31.2 Å². The number of amides is 1. The zero-order valence-corrected chi connectivity index (χ0v) is 19.5. The minimum atomic E-state index is -0.0638. The third-order valence-electron chi connectivity index (χ3n) is 6.65. The minimum Gasteiger partial charge on any atom is -0.354 e. The summed E-state index contributed by atoms with van der Waals surface area (Å²) in [7, 11) is 0. The largest absolute Gasteiger partial charge is 0.354 e. The van der Waals surface area contributed by atoms with E-state index in [0.717, 1.165) is 61.1 Å². The first kappa shape index (κ1) is 21.5. The van der Waals surface area contributed by atoms with Crippen LogP contribution in [0.25, 0.3) is 11.5 Å². The van der Waals surface area contributed by atoms with E-state index in [1.54, 1.807) is 4.90 Å². The molecule has 9 nitrogen and oxygen atoms in total. The van der Waals surface area contributed by atoms with Gasteiger partial charge in [-0.05, 0) is 51.3 Å². The maximum Gasteiger partial charge on any atom is 0.260 e. The molecule has 1 amide bonds. The number of anilines is 2. The van der Waals surface area contributed by atoms with Gasteiger partial charge in [0.1, 0.15) is 23.2 Å². The highest BCUT2D eigenvalue weighted by molar-refractivity contribution is 6.10. The second-order valence-electron chi connectivity index (χ2n) is 8.84. The number of carbonyl (C=O) groups excluding carboxylic acids is 1. The summed E-state index contributed by atoms with van der Waals surface area (Å²) in [5, 5.41) is 8.56. The molecule has 2 aliphatic heterocycles. The van der Waals surface area contributed by atoms with Gasteiger partial charge in [0.2, 0.25) is 0 Å². The zero-order chi connectivity index (χ0) is 23.1. The average molecular weight is 447 g/mol. The van der Waals surface area contributed by atoms with Crippen LogP contribution < -0.4 is 15.5 Å². The van der Waals surface area contributed by atoms with Crippen molar-refractivity contribution in [3.05, 3.63) is 46.9 Å². The normalized spacial score (nSPS) is 17.8. The standard InChI is InChI=1S/C24H30N8O/c1-4-10-31-16(3)28-29-23(31)19-8-5-9-21(26-19)32-14-18-17(24(32)33)12-22(27-20(18)13-25)30-11-6-7-15(30)2/h5,8-9,12,15H,4,6-7,10-11,13-14,25H2,1-3H3/t15-/m1/s1. The van der Waals surface area contributed by atoms with Crippen LogP contribution in [-0.4, -0.2) is 43.2 Å². The Kier molecular flexibility index (Phi) is 5.57. The van der Waals surface area contributed by atoms with Gasteiger partial charge in [-0.15, -0.1) is 10.2 Å². The van der Waals surface area contributed by atoms with Crippen molar-refractivity contribution in [2.24, 2.45) is 5.73 Å². The first-order chi connectivity index (χ1) is 16.0. The van der Waals surface area contributed by atoms with Crippen LogP contribution in [0.1, 0.15) is 60.5 Å². The van der Waals surface area contributed by atoms with E-state index in [1.807, 2.05) is 31.2 Å². The fourth-order valence-electron chi connectivity index (χ4n) is 4.89. The molecule has 3 aromatic heterocycles. The van der Waals surface area contributed by atoms with Crippen LogP contribution in [0.15, 0.2) is 24.3 Å². The fraction of sp³-hybridized carbons (Fsp3) is 0.458. The van der Waals surface area contributed by atoms with Crippen LogP contribution in [0.5, 0.6) is 0 Å². The molecule has 2 aliphatic rings. The number of fused-ring (bicyclic) bond motifs is 1. The second-order valence-corrected chi connectivity index (χ2v) is 8.84. The van der Waals surface area contributed by atoms with Crippen molar-refractivity contribution in [1.82, 2.24) is 24.7 Å². The number of aromatic nitrogens is 5. The lowest BCUT2D eigenvalue weighted by Crippen LogP contribution is -2.28. The molecule has 3 aromatic rings. The predicted molar refractivity (Wildman–Crippen MR) is 127 cm³/mol. The summed E-state index contributed by atoms with van der Waals surface area (Å²) in [6.45, 7) is 8.75. The van der Waals surface area contributed by atoms with Crippen molar-refractivity contribution in [1.29, 1.82) is 0 Å². The van der Waals surface area contributed by atoms with Gasteiger partial charge in [-0.3, -0.25) is 9.69 Å². The molecule has 0 spiro atoms. The quantitative estimate of drug-likeness (QED) is 0.620. The molecule has 5 rings (SSSR count). The molecule has 1 saturated heterocycles. The third-order valence-corrected chi connectivity index (χ3v) is 6.65. The molecule has 0 radical (unpaired) electrons. The third kappa shape index (κ3) is 3.66. The summed E-state index contributed by atoms with van der Waals surface area (Å²) < 4.78 is 2.06. The molecule has 0 aliphatic carbocycles. The maximum atomic E-state index is 13.5. The van der Waals surface area contributed by atoms with Gasteiger partial charge in [-0.2, -0.15) is 0 Å². The van der Waals surface area contributed by atoms with Crippen LogP contribution in [0.2, 0.25) is 0 Å². The molecular formula is C24H30N8O. The highest BCUT2D eigenvalue weighted by Crippen LogP contribution is 2.34. The number of carbonyl (C=O) groups is 1. The van der Waals surface area contributed by atoms with Crippen LogP contribution in [-0.2, 0) is 19.6 Å². The molecule has 0 unspecified atom stereocenters. The molecule has 172 valence electrons. The van der Waals surface area contributed by atoms with E-state index >= 15 is 0 Å². The Morgan fingerprint density at radius 3 is 2.76 bits per heavy atom. The topological polar surface area (TPSA) is 106 Å². The second kappa shape index (κ2) is 8.55. The van der Waals surface area contributed by atoms with Gasteiger partial charge >= 0.3 is 0 Å². The summed E-state index contributed by atoms with van der Waals surface area (Å²) in [5.74, 6) is 2.95. The van der Waals surface area contributed by atoms with Crippen molar-refractivity contribution in [3.63, 3.8) is 0 Å². The summed E-state index contributed by atoms with van der Waals surface area (Å²) >= 11 is 0. The Morgan fingerprint density at radius 1 is 1.18 bits per heavy atom. The van der Waals surface area contributed by atoms with Crippen LogP contribution >= 0.6 is 0 Å². The summed E-state index contributed by atoms with van der Waals surface area (Å²) in [4.78, 5) is 27.1. The minimum absolute atomic E-state index is 0.0638. The number of nitrogens with zero attached hydrogens (tertiary/aromatic N) is 7. The molecule has 33 heavy (non-hydrogen) atoms. The molecule has 1 atom stereocenters. The van der Waals surface area contributed by atoms with Crippen LogP contribution in [0, 0.1) is 6.92 Å². The highest BCUT2D eigenvalue weighted by atomic mass is 16.2. The smallest absolute Gasteiger partial charge is 0.260 e. The first-order valence-corrected chi connectivity index (χ1v) is 11.7. The zero-order valence-electron chi connectivity index (χ0n) is 19.5. The molecule has 1 fully saturated rings. The Bertz CT molecular complexity index is 1200. The van der Waals surface area contributed by atoms with Crippen molar-refractivity contribution >= 4 is 17.5 Å². The van der Waals surface area contributed by atoms with Gasteiger partial charge in [-0.1, -0.05) is 13.0 Å². The van der Waals surface area contributed by atoms with Gasteiger partial charge < -0.3 is 15.2 Å². The summed E-state index contributed by atoms with van der Waals surface area (Å²) in [5.41, 5.74) is 9.12. The maximum absolute atomic E-state index is 13.5. The van der Waals surface area contributed by atoms with Gasteiger partial charge in [0.15, 0.2) is 5.82 Å². The van der Waals surface area contributed by atoms with Crippen molar-refractivity contribution in [2.75, 3.05) is 16.3 Å². The fourth-order valence-corrected chi connectivity index (χ4v) is 4.89. The van der Waals surface area contributed by atoms with Crippen LogP contribution in [0.3, 0.4) is 0 Å². The lowest BCUT2D eigenvalue weighted by atomic mass is 10.1. The lowest BCUT2D eigenvalue weighted by molar-refractivity contribution is 0.0996. The summed E-state index contributed by atoms with van der Waals surface area (Å²) in [6.07, 6.45) is 3.24. The summed E-state index contributed by atoms with van der Waals surface area (Å²) in [6, 6.07) is 8.03. The van der Waals surface area contributed by atoms with E-state index in [0.29, 0.717) is 36.2 Å². The molecule has 5 heterocycles. The number of rotatable bonds is 6. The predicted octanol–water partition coefficient (Wildman–Crippen LogP) is 3.06. The van der Waals surface area contributed by atoms with Crippen molar-refractivity contribution < 1.29 is 4.79 Å². The molecule has 0 bridgehead atoms. The number of aryl methyl sites for hydroxylation is 1. The van der Waals surface area contributed by atoms with E-state index in [-0.39, 0.29) is 5.91 Å². The van der Waals surface area contributed by atoms with Gasteiger partial charge in [0.05, 0.1) is 17.8 Å². The monoisotopic (exact) mass is 446 g/mol. The van der Waals surface area contributed by atoms with Gasteiger partial charge in [0.25, 0.3) is 5.91 Å². The number of nitrogens with two attached hydrogens (primary N) is 1. The lowest BCUT2D eigenvalue weighted by Gasteiger charge is -2.23. The molecule has 0 saturated carbocycles. The Morgan fingerprint density at radius 2 is 2.03 bits per heavy atom. The number of hydrogen-bond donors (Lipinski definition) is 1.